The van der Waals surface area contributed by atoms with Crippen LogP contribution >= 0.6 is 0 Å². The van der Waals surface area contributed by atoms with Gasteiger partial charge in [-0.2, -0.15) is 0 Å². The molecule has 0 spiro atoms. The molecule has 1 aromatic heterocycles. The fourth-order valence-electron chi connectivity index (χ4n) is 2.63. The minimum atomic E-state index is 0.0544. The van der Waals surface area contributed by atoms with Crippen molar-refractivity contribution < 1.29 is 4.79 Å². The van der Waals surface area contributed by atoms with Crippen molar-refractivity contribution in [3.8, 4) is 0 Å². The van der Waals surface area contributed by atoms with Crippen LogP contribution in [-0.4, -0.2) is 34.9 Å². The summed E-state index contributed by atoms with van der Waals surface area (Å²) < 4.78 is 0. The van der Waals surface area contributed by atoms with Crippen LogP contribution in [0.15, 0.2) is 18.3 Å². The summed E-state index contributed by atoms with van der Waals surface area (Å²) in [5, 5.41) is 3.21. The van der Waals surface area contributed by atoms with Gasteiger partial charge in [0, 0.05) is 31.0 Å². The summed E-state index contributed by atoms with van der Waals surface area (Å²) in [5.74, 6) is 0.619. The third kappa shape index (κ3) is 3.06. The first-order valence-corrected chi connectivity index (χ1v) is 7.14. The molecule has 0 radical (unpaired) electrons. The molecule has 0 saturated carbocycles. The molecule has 2 rings (SSSR count). The van der Waals surface area contributed by atoms with E-state index in [4.69, 9.17) is 0 Å². The summed E-state index contributed by atoms with van der Waals surface area (Å²) in [6.07, 6.45) is 3.99. The maximum atomic E-state index is 12.5. The van der Waals surface area contributed by atoms with E-state index in [1.165, 1.54) is 6.42 Å². The van der Waals surface area contributed by atoms with Gasteiger partial charge in [0.25, 0.3) is 5.91 Å². The zero-order chi connectivity index (χ0) is 13.8. The van der Waals surface area contributed by atoms with E-state index in [1.807, 2.05) is 24.0 Å². The van der Waals surface area contributed by atoms with E-state index < -0.39 is 0 Å². The summed E-state index contributed by atoms with van der Waals surface area (Å²) in [7, 11) is 0. The molecule has 104 valence electrons. The van der Waals surface area contributed by atoms with Gasteiger partial charge in [-0.1, -0.05) is 6.92 Å². The second-order valence-electron chi connectivity index (χ2n) is 5.32. The van der Waals surface area contributed by atoms with E-state index in [2.05, 4.69) is 24.1 Å². The molecule has 4 heteroatoms. The Morgan fingerprint density at radius 3 is 3.05 bits per heavy atom. The quantitative estimate of drug-likeness (QED) is 0.910. The van der Waals surface area contributed by atoms with Crippen LogP contribution in [0.2, 0.25) is 0 Å². The van der Waals surface area contributed by atoms with Crippen LogP contribution in [0.4, 0.5) is 5.69 Å². The number of anilines is 1. The van der Waals surface area contributed by atoms with Crippen LogP contribution in [0.25, 0.3) is 0 Å². The topological polar surface area (TPSA) is 45.2 Å². The van der Waals surface area contributed by atoms with Crippen LogP contribution in [0.3, 0.4) is 0 Å². The Labute approximate surface area is 115 Å². The van der Waals surface area contributed by atoms with Crippen LogP contribution in [-0.2, 0) is 0 Å². The number of carbonyl (C=O) groups excluding carboxylic acids is 1. The number of nitrogens with one attached hydrogen (secondary N) is 1. The minimum absolute atomic E-state index is 0.0544. The number of hydrogen-bond acceptors (Lipinski definition) is 3. The Kier molecular flexibility index (Phi) is 4.40. The van der Waals surface area contributed by atoms with Gasteiger partial charge in [-0.15, -0.1) is 0 Å². The summed E-state index contributed by atoms with van der Waals surface area (Å²) in [6, 6.07) is 4.03. The highest BCUT2D eigenvalue weighted by atomic mass is 16.2. The molecule has 2 unspecified atom stereocenters. The lowest BCUT2D eigenvalue weighted by atomic mass is 9.92. The van der Waals surface area contributed by atoms with Crippen molar-refractivity contribution in [2.24, 2.45) is 5.92 Å². The third-order valence-corrected chi connectivity index (χ3v) is 3.99. The third-order valence-electron chi connectivity index (χ3n) is 3.99. The molecule has 0 aromatic carbocycles. The molecule has 19 heavy (non-hydrogen) atoms. The smallest absolute Gasteiger partial charge is 0.272 e. The SMILES string of the molecule is CCNc1ccnc(C(=O)N2CCCC(C)C2C)c1. The zero-order valence-electron chi connectivity index (χ0n) is 12.0. The van der Waals surface area contributed by atoms with Gasteiger partial charge in [-0.05, 0) is 44.7 Å². The number of likely N-dealkylation sites (tertiary alicyclic amines) is 1. The van der Waals surface area contributed by atoms with Gasteiger partial charge in [-0.25, -0.2) is 0 Å². The number of carbonyl (C=O) groups is 1. The van der Waals surface area contributed by atoms with Gasteiger partial charge in [-0.3, -0.25) is 9.78 Å². The molecule has 1 fully saturated rings. The van der Waals surface area contributed by atoms with Crippen LogP contribution in [0, 0.1) is 5.92 Å². The van der Waals surface area contributed by atoms with Crippen molar-refractivity contribution in [2.75, 3.05) is 18.4 Å². The predicted molar refractivity (Wildman–Crippen MR) is 77.3 cm³/mol. The fraction of sp³-hybridized carbons (Fsp3) is 0.600. The van der Waals surface area contributed by atoms with Gasteiger partial charge in [0.05, 0.1) is 0 Å². The number of aromatic nitrogens is 1. The lowest BCUT2D eigenvalue weighted by Gasteiger charge is -2.37. The molecule has 0 aliphatic carbocycles. The summed E-state index contributed by atoms with van der Waals surface area (Å²) in [6.45, 7) is 8.07. The zero-order valence-corrected chi connectivity index (χ0v) is 12.0. The van der Waals surface area contributed by atoms with E-state index in [0.717, 1.165) is 25.2 Å². The van der Waals surface area contributed by atoms with Gasteiger partial charge in [0.15, 0.2) is 0 Å². The summed E-state index contributed by atoms with van der Waals surface area (Å²) >= 11 is 0. The van der Waals surface area contributed by atoms with Gasteiger partial charge in [0.2, 0.25) is 0 Å². The van der Waals surface area contributed by atoms with Crippen molar-refractivity contribution in [1.29, 1.82) is 0 Å². The molecule has 2 atom stereocenters. The standard InChI is InChI=1S/C15H23N3O/c1-4-16-13-7-8-17-14(10-13)15(19)18-9-5-6-11(2)12(18)3/h7-8,10-12H,4-6,9H2,1-3H3,(H,16,17). The molecule has 1 aliphatic rings. The number of hydrogen-bond donors (Lipinski definition) is 1. The van der Waals surface area contributed by atoms with Gasteiger partial charge >= 0.3 is 0 Å². The number of pyridine rings is 1. The van der Waals surface area contributed by atoms with Gasteiger partial charge < -0.3 is 10.2 Å². The molecule has 4 nitrogen and oxygen atoms in total. The monoisotopic (exact) mass is 261 g/mol. The highest BCUT2D eigenvalue weighted by molar-refractivity contribution is 5.93. The molecule has 1 saturated heterocycles. The molecular weight excluding hydrogens is 238 g/mol. The Morgan fingerprint density at radius 2 is 2.32 bits per heavy atom. The molecule has 2 heterocycles. The van der Waals surface area contributed by atoms with Crippen molar-refractivity contribution >= 4 is 11.6 Å². The van der Waals surface area contributed by atoms with Crippen LogP contribution in [0.5, 0.6) is 0 Å². The fourth-order valence-corrected chi connectivity index (χ4v) is 2.63. The molecule has 1 aromatic rings. The highest BCUT2D eigenvalue weighted by Crippen LogP contribution is 2.24. The number of piperidine rings is 1. The van der Waals surface area contributed by atoms with Crippen molar-refractivity contribution in [3.63, 3.8) is 0 Å². The van der Waals surface area contributed by atoms with E-state index in [0.29, 0.717) is 17.7 Å². The van der Waals surface area contributed by atoms with Crippen LogP contribution in [0.1, 0.15) is 44.1 Å². The first-order chi connectivity index (χ1) is 9.13. The highest BCUT2D eigenvalue weighted by Gasteiger charge is 2.29. The number of amides is 1. The Hall–Kier alpha value is -1.58. The predicted octanol–water partition coefficient (Wildman–Crippen LogP) is 2.77. The summed E-state index contributed by atoms with van der Waals surface area (Å²) in [4.78, 5) is 18.7. The maximum Gasteiger partial charge on any atom is 0.272 e. The number of nitrogens with zero attached hydrogens (tertiary/aromatic N) is 2. The lowest BCUT2D eigenvalue weighted by Crippen LogP contribution is -2.46. The number of rotatable bonds is 3. The van der Waals surface area contributed by atoms with E-state index in [1.54, 1.807) is 6.20 Å². The first-order valence-electron chi connectivity index (χ1n) is 7.14. The van der Waals surface area contributed by atoms with Crippen LogP contribution < -0.4 is 5.32 Å². The minimum Gasteiger partial charge on any atom is -0.385 e. The molecule has 1 aliphatic heterocycles. The Bertz CT molecular complexity index is 447. The molecule has 1 N–H and O–H groups in total. The molecular formula is C15H23N3O. The lowest BCUT2D eigenvalue weighted by molar-refractivity contribution is 0.0545. The second-order valence-corrected chi connectivity index (χ2v) is 5.32. The van der Waals surface area contributed by atoms with Crippen molar-refractivity contribution in [1.82, 2.24) is 9.88 Å². The normalized spacial score (nSPS) is 23.2. The van der Waals surface area contributed by atoms with Crippen molar-refractivity contribution in [3.05, 3.63) is 24.0 Å². The average molecular weight is 261 g/mol. The molecule has 1 amide bonds. The Morgan fingerprint density at radius 1 is 1.53 bits per heavy atom. The first kappa shape index (κ1) is 13.8. The second kappa shape index (κ2) is 6.04. The van der Waals surface area contributed by atoms with Crippen molar-refractivity contribution in [2.45, 2.75) is 39.7 Å². The largest absolute Gasteiger partial charge is 0.385 e. The summed E-state index contributed by atoms with van der Waals surface area (Å²) in [5.41, 5.74) is 1.50. The van der Waals surface area contributed by atoms with E-state index in [9.17, 15) is 4.79 Å². The van der Waals surface area contributed by atoms with E-state index >= 15 is 0 Å². The van der Waals surface area contributed by atoms with E-state index in [-0.39, 0.29) is 5.91 Å². The Balaban J connectivity index is 2.16. The molecule has 0 bridgehead atoms. The average Bonchev–Trinajstić information content (AvgIpc) is 2.42. The van der Waals surface area contributed by atoms with Gasteiger partial charge in [0.1, 0.15) is 5.69 Å². The maximum absolute atomic E-state index is 12.5.